The summed E-state index contributed by atoms with van der Waals surface area (Å²) in [5, 5.41) is 10.2. The molecule has 5 heteroatoms. The molecule has 3 nitrogen and oxygen atoms in total. The fourth-order valence-corrected chi connectivity index (χ4v) is 3.66. The standard InChI is InChI=1S/C14H19ClO3S/c1-17-14-11-3-2-8-19-13(9-18-7-6-15)10(11)4-5-12(14)16/h4-5,13,16H,2-3,6-9H2,1H3. The van der Waals surface area contributed by atoms with Crippen LogP contribution in [0.5, 0.6) is 11.5 Å². The molecule has 1 unspecified atom stereocenters. The van der Waals surface area contributed by atoms with Crippen LogP contribution in [0.2, 0.25) is 0 Å². The highest BCUT2D eigenvalue weighted by Crippen LogP contribution is 2.42. The van der Waals surface area contributed by atoms with Gasteiger partial charge in [0.25, 0.3) is 0 Å². The van der Waals surface area contributed by atoms with Gasteiger partial charge < -0.3 is 14.6 Å². The maximum absolute atomic E-state index is 9.88. The first-order valence-corrected chi connectivity index (χ1v) is 8.00. The highest BCUT2D eigenvalue weighted by Gasteiger charge is 2.23. The molecule has 0 aliphatic carbocycles. The summed E-state index contributed by atoms with van der Waals surface area (Å²) in [6.45, 7) is 1.22. The van der Waals surface area contributed by atoms with Gasteiger partial charge in [-0.1, -0.05) is 6.07 Å². The lowest BCUT2D eigenvalue weighted by Gasteiger charge is -2.19. The second-order valence-electron chi connectivity index (χ2n) is 4.41. The van der Waals surface area contributed by atoms with Crippen LogP contribution in [0.1, 0.15) is 22.8 Å². The number of halogens is 1. The third-order valence-corrected chi connectivity index (χ3v) is 4.68. The Balaban J connectivity index is 2.26. The molecular formula is C14H19ClO3S. The minimum atomic E-state index is 0.216. The largest absolute Gasteiger partial charge is 0.504 e. The fraction of sp³-hybridized carbons (Fsp3) is 0.571. The molecule has 0 bridgehead atoms. The first kappa shape index (κ1) is 14.8. The van der Waals surface area contributed by atoms with Gasteiger partial charge in [0.1, 0.15) is 0 Å². The monoisotopic (exact) mass is 302 g/mol. The average Bonchev–Trinajstić information content (AvgIpc) is 2.62. The molecule has 1 aliphatic heterocycles. The Morgan fingerprint density at radius 3 is 3.05 bits per heavy atom. The smallest absolute Gasteiger partial charge is 0.163 e. The summed E-state index contributed by atoms with van der Waals surface area (Å²) >= 11 is 7.53. The summed E-state index contributed by atoms with van der Waals surface area (Å²) < 4.78 is 10.9. The van der Waals surface area contributed by atoms with Crippen LogP contribution in [-0.4, -0.2) is 37.1 Å². The van der Waals surface area contributed by atoms with Crippen molar-refractivity contribution in [2.45, 2.75) is 18.1 Å². The molecule has 19 heavy (non-hydrogen) atoms. The molecule has 0 radical (unpaired) electrons. The number of benzene rings is 1. The molecule has 0 fully saturated rings. The van der Waals surface area contributed by atoms with Gasteiger partial charge >= 0.3 is 0 Å². The van der Waals surface area contributed by atoms with Crippen molar-refractivity contribution < 1.29 is 14.6 Å². The van der Waals surface area contributed by atoms with Crippen LogP contribution in [0.25, 0.3) is 0 Å². The van der Waals surface area contributed by atoms with Crippen LogP contribution in [-0.2, 0) is 11.2 Å². The third kappa shape index (κ3) is 3.50. The summed E-state index contributed by atoms with van der Waals surface area (Å²) in [4.78, 5) is 0. The van der Waals surface area contributed by atoms with Crippen molar-refractivity contribution in [1.82, 2.24) is 0 Å². The van der Waals surface area contributed by atoms with E-state index in [-0.39, 0.29) is 11.0 Å². The van der Waals surface area contributed by atoms with Crippen molar-refractivity contribution in [1.29, 1.82) is 0 Å². The number of methoxy groups -OCH3 is 1. The summed E-state index contributed by atoms with van der Waals surface area (Å²) in [5.41, 5.74) is 2.33. The zero-order chi connectivity index (χ0) is 13.7. The first-order valence-electron chi connectivity index (χ1n) is 6.42. The van der Waals surface area contributed by atoms with Gasteiger partial charge in [-0.3, -0.25) is 0 Å². The van der Waals surface area contributed by atoms with Crippen molar-refractivity contribution >= 4 is 23.4 Å². The molecule has 1 N–H and O–H groups in total. The molecule has 1 aliphatic rings. The van der Waals surface area contributed by atoms with Gasteiger partial charge in [0.15, 0.2) is 11.5 Å². The van der Waals surface area contributed by atoms with Gasteiger partial charge in [-0.2, -0.15) is 11.8 Å². The topological polar surface area (TPSA) is 38.7 Å². The molecule has 0 saturated carbocycles. The Kier molecular flexibility index (Phi) is 5.67. The first-order chi connectivity index (χ1) is 9.27. The van der Waals surface area contributed by atoms with Gasteiger partial charge in [-0.15, -0.1) is 11.6 Å². The van der Waals surface area contributed by atoms with Crippen LogP contribution >= 0.6 is 23.4 Å². The van der Waals surface area contributed by atoms with Crippen LogP contribution in [0.15, 0.2) is 12.1 Å². The normalized spacial score (nSPS) is 18.7. The van der Waals surface area contributed by atoms with Crippen LogP contribution in [0.4, 0.5) is 0 Å². The third-order valence-electron chi connectivity index (χ3n) is 3.21. The van der Waals surface area contributed by atoms with E-state index in [9.17, 15) is 5.11 Å². The van der Waals surface area contributed by atoms with Gasteiger partial charge in [0.2, 0.25) is 0 Å². The zero-order valence-electron chi connectivity index (χ0n) is 11.0. The van der Waals surface area contributed by atoms with E-state index in [1.807, 2.05) is 17.8 Å². The number of fused-ring (bicyclic) bond motifs is 1. The molecule has 2 rings (SSSR count). The van der Waals surface area contributed by atoms with E-state index in [1.54, 1.807) is 13.2 Å². The van der Waals surface area contributed by atoms with Crippen molar-refractivity contribution in [3.05, 3.63) is 23.3 Å². The lowest BCUT2D eigenvalue weighted by atomic mass is 9.99. The molecule has 0 saturated heterocycles. The van der Waals surface area contributed by atoms with Crippen LogP contribution in [0, 0.1) is 0 Å². The van der Waals surface area contributed by atoms with E-state index in [0.717, 1.165) is 24.2 Å². The zero-order valence-corrected chi connectivity index (χ0v) is 12.6. The number of alkyl halides is 1. The molecule has 1 heterocycles. The minimum Gasteiger partial charge on any atom is -0.504 e. The Bertz CT molecular complexity index is 425. The highest BCUT2D eigenvalue weighted by molar-refractivity contribution is 7.99. The van der Waals surface area contributed by atoms with Crippen molar-refractivity contribution in [2.24, 2.45) is 0 Å². The Morgan fingerprint density at radius 1 is 1.47 bits per heavy atom. The van der Waals surface area contributed by atoms with Gasteiger partial charge in [0, 0.05) is 11.4 Å². The van der Waals surface area contributed by atoms with Crippen molar-refractivity contribution in [3.8, 4) is 11.5 Å². The molecular weight excluding hydrogens is 284 g/mol. The Hall–Kier alpha value is -0.580. The lowest BCUT2D eigenvalue weighted by Crippen LogP contribution is -2.08. The maximum Gasteiger partial charge on any atom is 0.163 e. The lowest BCUT2D eigenvalue weighted by molar-refractivity contribution is 0.150. The predicted molar refractivity (Wildman–Crippen MR) is 79.7 cm³/mol. The molecule has 1 aromatic carbocycles. The molecule has 1 atom stereocenters. The minimum absolute atomic E-state index is 0.216. The number of ether oxygens (including phenoxy) is 2. The molecule has 0 amide bonds. The summed E-state index contributed by atoms with van der Waals surface area (Å²) in [5.74, 6) is 2.44. The van der Waals surface area contributed by atoms with E-state index in [4.69, 9.17) is 21.1 Å². The Labute approximate surface area is 123 Å². The van der Waals surface area contributed by atoms with Crippen molar-refractivity contribution in [3.63, 3.8) is 0 Å². The molecule has 0 aromatic heterocycles. The van der Waals surface area contributed by atoms with Crippen molar-refractivity contribution in [2.75, 3.05) is 32.0 Å². The summed E-state index contributed by atoms with van der Waals surface area (Å²) in [7, 11) is 1.60. The number of rotatable bonds is 5. The predicted octanol–water partition coefficient (Wildman–Crippen LogP) is 3.38. The summed E-state index contributed by atoms with van der Waals surface area (Å²) in [6, 6.07) is 3.69. The second kappa shape index (κ2) is 7.27. The molecule has 1 aromatic rings. The van der Waals surface area contributed by atoms with E-state index < -0.39 is 0 Å². The van der Waals surface area contributed by atoms with E-state index >= 15 is 0 Å². The summed E-state index contributed by atoms with van der Waals surface area (Å²) in [6.07, 6.45) is 2.02. The molecule has 106 valence electrons. The number of hydrogen-bond acceptors (Lipinski definition) is 4. The number of phenols is 1. The van der Waals surface area contributed by atoms with Gasteiger partial charge in [-0.05, 0) is 30.2 Å². The Morgan fingerprint density at radius 2 is 2.32 bits per heavy atom. The van der Waals surface area contributed by atoms with E-state index in [2.05, 4.69) is 0 Å². The van der Waals surface area contributed by atoms with Crippen LogP contribution in [0.3, 0.4) is 0 Å². The van der Waals surface area contributed by atoms with Gasteiger partial charge in [0.05, 0.1) is 25.6 Å². The van der Waals surface area contributed by atoms with Gasteiger partial charge in [-0.25, -0.2) is 0 Å². The highest BCUT2D eigenvalue weighted by atomic mass is 35.5. The number of hydrogen-bond donors (Lipinski definition) is 1. The van der Waals surface area contributed by atoms with E-state index in [0.29, 0.717) is 24.8 Å². The fourth-order valence-electron chi connectivity index (χ4n) is 2.37. The molecule has 0 spiro atoms. The average molecular weight is 303 g/mol. The SMILES string of the molecule is COc1c(O)ccc2c1CCCSC2COCCCl. The maximum atomic E-state index is 9.88. The number of aromatic hydroxyl groups is 1. The number of thioether (sulfide) groups is 1. The quantitative estimate of drug-likeness (QED) is 0.668. The van der Waals surface area contributed by atoms with E-state index in [1.165, 1.54) is 5.56 Å². The van der Waals surface area contributed by atoms with Crippen LogP contribution < -0.4 is 4.74 Å². The second-order valence-corrected chi connectivity index (χ2v) is 6.10. The number of phenolic OH excluding ortho intramolecular Hbond substituents is 1.